The zero-order valence-corrected chi connectivity index (χ0v) is 10.9. The van der Waals surface area contributed by atoms with Gasteiger partial charge in [0.15, 0.2) is 0 Å². The molecule has 0 radical (unpaired) electrons. The number of carbonyl (C=O) groups is 1. The summed E-state index contributed by atoms with van der Waals surface area (Å²) in [6, 6.07) is 0. The third kappa shape index (κ3) is 2.81. The number of rotatable bonds is 1. The molecule has 0 atom stereocenters. The largest absolute Gasteiger partial charge is 0.444 e. The zero-order valence-electron chi connectivity index (χ0n) is 10.9. The van der Waals surface area contributed by atoms with Crippen molar-refractivity contribution in [2.75, 3.05) is 6.54 Å². The van der Waals surface area contributed by atoms with E-state index in [0.29, 0.717) is 31.1 Å². The van der Waals surface area contributed by atoms with Gasteiger partial charge in [-0.05, 0) is 20.8 Å². The van der Waals surface area contributed by atoms with Crippen molar-refractivity contribution in [1.29, 1.82) is 0 Å². The summed E-state index contributed by atoms with van der Waals surface area (Å²) >= 11 is 0. The number of carbonyl (C=O) groups excluding carboxylic acids is 1. The van der Waals surface area contributed by atoms with Crippen LogP contribution in [0, 0.1) is 0 Å². The maximum Gasteiger partial charge on any atom is 0.410 e. The maximum absolute atomic E-state index is 11.9. The number of aliphatic hydroxyl groups excluding tert-OH is 1. The van der Waals surface area contributed by atoms with Crippen molar-refractivity contribution >= 4 is 6.09 Å². The summed E-state index contributed by atoms with van der Waals surface area (Å²) in [6.07, 6.45) is 0.253. The van der Waals surface area contributed by atoms with Crippen molar-refractivity contribution in [3.05, 3.63) is 17.3 Å². The van der Waals surface area contributed by atoms with E-state index in [1.807, 2.05) is 20.8 Å². The second-order valence-corrected chi connectivity index (χ2v) is 5.29. The SMILES string of the molecule is CC(C)(C)OC(=O)N1CCc2oc(CO)nc2C1. The van der Waals surface area contributed by atoms with Crippen LogP contribution in [0.15, 0.2) is 4.42 Å². The van der Waals surface area contributed by atoms with Crippen LogP contribution < -0.4 is 0 Å². The van der Waals surface area contributed by atoms with Gasteiger partial charge in [-0.3, -0.25) is 0 Å². The van der Waals surface area contributed by atoms with Gasteiger partial charge in [0, 0.05) is 13.0 Å². The number of ether oxygens (including phenoxy) is 1. The van der Waals surface area contributed by atoms with Crippen molar-refractivity contribution in [3.8, 4) is 0 Å². The molecule has 1 aliphatic rings. The molecule has 1 amide bonds. The Morgan fingerprint density at radius 2 is 2.28 bits per heavy atom. The molecule has 100 valence electrons. The van der Waals surface area contributed by atoms with Gasteiger partial charge >= 0.3 is 6.09 Å². The number of aliphatic hydroxyl groups is 1. The van der Waals surface area contributed by atoms with E-state index in [2.05, 4.69) is 4.98 Å². The molecule has 1 aromatic rings. The van der Waals surface area contributed by atoms with Gasteiger partial charge in [0.2, 0.25) is 5.89 Å². The third-order valence-electron chi connectivity index (χ3n) is 2.56. The lowest BCUT2D eigenvalue weighted by molar-refractivity contribution is 0.0217. The Morgan fingerprint density at radius 3 is 2.89 bits per heavy atom. The molecule has 0 fully saturated rings. The van der Waals surface area contributed by atoms with Crippen LogP contribution in [-0.4, -0.2) is 33.2 Å². The molecule has 0 saturated heterocycles. The Labute approximate surface area is 106 Å². The summed E-state index contributed by atoms with van der Waals surface area (Å²) in [6.45, 7) is 6.19. The molecule has 6 heteroatoms. The van der Waals surface area contributed by atoms with E-state index >= 15 is 0 Å². The Kier molecular flexibility index (Phi) is 3.30. The Morgan fingerprint density at radius 1 is 1.56 bits per heavy atom. The Balaban J connectivity index is 2.05. The van der Waals surface area contributed by atoms with Crippen LogP contribution in [0.4, 0.5) is 4.79 Å². The predicted molar refractivity (Wildman–Crippen MR) is 62.8 cm³/mol. The van der Waals surface area contributed by atoms with Crippen LogP contribution in [0.3, 0.4) is 0 Å². The smallest absolute Gasteiger partial charge is 0.410 e. The van der Waals surface area contributed by atoms with Crippen molar-refractivity contribution < 1.29 is 19.1 Å². The van der Waals surface area contributed by atoms with Crippen LogP contribution in [-0.2, 0) is 24.3 Å². The van der Waals surface area contributed by atoms with Gasteiger partial charge in [0.1, 0.15) is 23.7 Å². The van der Waals surface area contributed by atoms with Crippen LogP contribution >= 0.6 is 0 Å². The van der Waals surface area contributed by atoms with E-state index in [0.717, 1.165) is 5.76 Å². The highest BCUT2D eigenvalue weighted by Crippen LogP contribution is 2.21. The monoisotopic (exact) mass is 254 g/mol. The fourth-order valence-electron chi connectivity index (χ4n) is 1.80. The summed E-state index contributed by atoms with van der Waals surface area (Å²) in [5.41, 5.74) is 0.202. The van der Waals surface area contributed by atoms with Crippen LogP contribution in [0.5, 0.6) is 0 Å². The fraction of sp³-hybridized carbons (Fsp3) is 0.667. The number of hydrogen-bond acceptors (Lipinski definition) is 5. The average Bonchev–Trinajstić information content (AvgIpc) is 2.68. The first-order valence-corrected chi connectivity index (χ1v) is 5.95. The zero-order chi connectivity index (χ0) is 13.3. The number of fused-ring (bicyclic) bond motifs is 1. The van der Waals surface area contributed by atoms with Crippen molar-refractivity contribution in [2.24, 2.45) is 0 Å². The second-order valence-electron chi connectivity index (χ2n) is 5.29. The van der Waals surface area contributed by atoms with Crippen LogP contribution in [0.2, 0.25) is 0 Å². The fourth-order valence-corrected chi connectivity index (χ4v) is 1.80. The van der Waals surface area contributed by atoms with E-state index < -0.39 is 5.60 Å². The van der Waals surface area contributed by atoms with Gasteiger partial charge in [-0.25, -0.2) is 9.78 Å². The van der Waals surface area contributed by atoms with Gasteiger partial charge < -0.3 is 19.2 Å². The first-order chi connectivity index (χ1) is 8.39. The Bertz CT molecular complexity index is 447. The van der Waals surface area contributed by atoms with E-state index in [4.69, 9.17) is 14.3 Å². The van der Waals surface area contributed by atoms with Crippen molar-refractivity contribution in [1.82, 2.24) is 9.88 Å². The molecule has 2 heterocycles. The molecule has 1 N–H and O–H groups in total. The lowest BCUT2D eigenvalue weighted by Gasteiger charge is -2.28. The quantitative estimate of drug-likeness (QED) is 0.821. The van der Waals surface area contributed by atoms with E-state index in [-0.39, 0.29) is 12.7 Å². The standard InChI is InChI=1S/C12H18N2O4/c1-12(2,3)18-11(16)14-5-4-9-8(6-14)13-10(7-15)17-9/h15H,4-7H2,1-3H3. The highest BCUT2D eigenvalue weighted by atomic mass is 16.6. The molecule has 6 nitrogen and oxygen atoms in total. The van der Waals surface area contributed by atoms with Crippen molar-refractivity contribution in [2.45, 2.75) is 45.9 Å². The number of aromatic nitrogens is 1. The Hall–Kier alpha value is -1.56. The molecule has 0 aliphatic carbocycles. The van der Waals surface area contributed by atoms with E-state index in [9.17, 15) is 4.79 Å². The van der Waals surface area contributed by atoms with E-state index in [1.54, 1.807) is 4.90 Å². The summed E-state index contributed by atoms with van der Waals surface area (Å²) in [5, 5.41) is 8.95. The molecule has 2 rings (SSSR count). The molecule has 18 heavy (non-hydrogen) atoms. The lowest BCUT2D eigenvalue weighted by Crippen LogP contribution is -2.39. The minimum Gasteiger partial charge on any atom is -0.444 e. The average molecular weight is 254 g/mol. The highest BCUT2D eigenvalue weighted by Gasteiger charge is 2.28. The van der Waals surface area contributed by atoms with Crippen LogP contribution in [0.1, 0.15) is 38.1 Å². The summed E-state index contributed by atoms with van der Waals surface area (Å²) < 4.78 is 10.6. The van der Waals surface area contributed by atoms with E-state index in [1.165, 1.54) is 0 Å². The molecule has 0 spiro atoms. The van der Waals surface area contributed by atoms with Gasteiger partial charge in [0.05, 0.1) is 6.54 Å². The minimum absolute atomic E-state index is 0.223. The number of amides is 1. The molecular formula is C12H18N2O4. The minimum atomic E-state index is -0.503. The van der Waals surface area contributed by atoms with Gasteiger partial charge in [-0.15, -0.1) is 0 Å². The normalized spacial score (nSPS) is 15.4. The first kappa shape index (κ1) is 12.9. The molecule has 0 aromatic carbocycles. The van der Waals surface area contributed by atoms with Crippen LogP contribution in [0.25, 0.3) is 0 Å². The van der Waals surface area contributed by atoms with Gasteiger partial charge in [-0.2, -0.15) is 0 Å². The van der Waals surface area contributed by atoms with Crippen molar-refractivity contribution in [3.63, 3.8) is 0 Å². The molecule has 0 saturated carbocycles. The van der Waals surface area contributed by atoms with Gasteiger partial charge in [0.25, 0.3) is 0 Å². The molecule has 1 aliphatic heterocycles. The summed E-state index contributed by atoms with van der Waals surface area (Å²) in [5.74, 6) is 1.05. The predicted octanol–water partition coefficient (Wildman–Crippen LogP) is 1.46. The number of nitrogens with zero attached hydrogens (tertiary/aromatic N) is 2. The molecular weight excluding hydrogens is 236 g/mol. The second kappa shape index (κ2) is 4.61. The number of hydrogen-bond donors (Lipinski definition) is 1. The topological polar surface area (TPSA) is 75.8 Å². The molecule has 0 unspecified atom stereocenters. The molecule has 1 aromatic heterocycles. The highest BCUT2D eigenvalue weighted by molar-refractivity contribution is 5.68. The maximum atomic E-state index is 11.9. The van der Waals surface area contributed by atoms with Gasteiger partial charge in [-0.1, -0.05) is 0 Å². The summed E-state index contributed by atoms with van der Waals surface area (Å²) in [4.78, 5) is 17.6. The summed E-state index contributed by atoms with van der Waals surface area (Å²) in [7, 11) is 0. The molecule has 0 bridgehead atoms. The third-order valence-corrected chi connectivity index (χ3v) is 2.56. The number of oxazole rings is 1. The lowest BCUT2D eigenvalue weighted by atomic mass is 10.2. The first-order valence-electron chi connectivity index (χ1n) is 5.95.